The van der Waals surface area contributed by atoms with Gasteiger partial charge in [-0.15, -0.1) is 10.2 Å². The van der Waals surface area contributed by atoms with Gasteiger partial charge in [-0.05, 0) is 37.1 Å². The zero-order valence-corrected chi connectivity index (χ0v) is 13.3. The zero-order valence-electron chi connectivity index (χ0n) is 13.3. The fourth-order valence-electron chi connectivity index (χ4n) is 2.82. The van der Waals surface area contributed by atoms with Gasteiger partial charge in [-0.2, -0.15) is 0 Å². The Balaban J connectivity index is 1.76. The van der Waals surface area contributed by atoms with Crippen LogP contribution in [0.2, 0.25) is 0 Å². The highest BCUT2D eigenvalue weighted by atomic mass is 16.5. The summed E-state index contributed by atoms with van der Waals surface area (Å²) in [5, 5.41) is 11.2. The van der Waals surface area contributed by atoms with Crippen LogP contribution in [-0.4, -0.2) is 42.4 Å². The quantitative estimate of drug-likeness (QED) is 0.857. The van der Waals surface area contributed by atoms with Crippen LogP contribution in [0.15, 0.2) is 36.4 Å². The Morgan fingerprint density at radius 1 is 1.30 bits per heavy atom. The summed E-state index contributed by atoms with van der Waals surface area (Å²) in [4.78, 5) is 14.6. The van der Waals surface area contributed by atoms with Crippen molar-refractivity contribution >= 4 is 17.4 Å². The molecule has 23 heavy (non-hydrogen) atoms. The smallest absolute Gasteiger partial charge is 0.279 e. The average Bonchev–Trinajstić information content (AvgIpc) is 2.91. The van der Waals surface area contributed by atoms with Crippen LogP contribution in [0.5, 0.6) is 0 Å². The van der Waals surface area contributed by atoms with E-state index in [9.17, 15) is 4.79 Å². The summed E-state index contributed by atoms with van der Waals surface area (Å²) in [6.45, 7) is 3.28. The number of aromatic nitrogens is 2. The van der Waals surface area contributed by atoms with E-state index in [0.29, 0.717) is 24.7 Å². The van der Waals surface area contributed by atoms with Crippen LogP contribution in [0.4, 0.5) is 11.5 Å². The molecule has 6 nitrogen and oxygen atoms in total. The van der Waals surface area contributed by atoms with Crippen molar-refractivity contribution in [2.24, 2.45) is 0 Å². The molecule has 1 aromatic heterocycles. The van der Waals surface area contributed by atoms with Gasteiger partial charge in [0.15, 0.2) is 5.69 Å². The lowest BCUT2D eigenvalue weighted by atomic mass is 10.1. The molecule has 1 aromatic carbocycles. The molecule has 2 heterocycles. The predicted octanol–water partition coefficient (Wildman–Crippen LogP) is 2.13. The van der Waals surface area contributed by atoms with Crippen molar-refractivity contribution in [3.8, 4) is 0 Å². The van der Waals surface area contributed by atoms with Gasteiger partial charge in [-0.25, -0.2) is 0 Å². The largest absolute Gasteiger partial charge is 0.383 e. The van der Waals surface area contributed by atoms with Crippen LogP contribution in [0.3, 0.4) is 0 Å². The standard InChI is InChI=1S/C17H20N4O2/c1-12-11-13-5-3-4-6-15(13)21(12)17(22)14-7-8-16(20-19-14)18-9-10-23-2/h3-8,12H,9-11H2,1-2H3,(H,18,20). The Kier molecular flexibility index (Phi) is 4.52. The Hall–Kier alpha value is -2.47. The predicted molar refractivity (Wildman–Crippen MR) is 88.8 cm³/mol. The van der Waals surface area contributed by atoms with Crippen LogP contribution in [0, 0.1) is 0 Å². The summed E-state index contributed by atoms with van der Waals surface area (Å²) in [5.41, 5.74) is 2.51. The molecule has 2 aromatic rings. The number of ether oxygens (including phenoxy) is 1. The number of fused-ring (bicyclic) bond motifs is 1. The van der Waals surface area contributed by atoms with E-state index in [1.54, 1.807) is 24.1 Å². The van der Waals surface area contributed by atoms with E-state index in [0.717, 1.165) is 12.1 Å². The number of rotatable bonds is 5. The summed E-state index contributed by atoms with van der Waals surface area (Å²) in [7, 11) is 1.64. The van der Waals surface area contributed by atoms with Crippen molar-refractivity contribution in [1.29, 1.82) is 0 Å². The first-order valence-corrected chi connectivity index (χ1v) is 7.68. The summed E-state index contributed by atoms with van der Waals surface area (Å²) < 4.78 is 4.97. The van der Waals surface area contributed by atoms with Crippen LogP contribution in [0.25, 0.3) is 0 Å². The van der Waals surface area contributed by atoms with E-state index in [1.165, 1.54) is 5.56 Å². The molecule has 1 amide bonds. The molecular weight excluding hydrogens is 292 g/mol. The third-order valence-electron chi connectivity index (χ3n) is 3.92. The number of carbonyl (C=O) groups excluding carboxylic acids is 1. The third-order valence-corrected chi connectivity index (χ3v) is 3.92. The molecule has 0 aliphatic carbocycles. The second-order valence-electron chi connectivity index (χ2n) is 5.58. The van der Waals surface area contributed by atoms with Gasteiger partial charge >= 0.3 is 0 Å². The molecule has 0 bridgehead atoms. The second kappa shape index (κ2) is 6.75. The molecule has 1 aliphatic rings. The number of para-hydroxylation sites is 1. The molecule has 0 saturated heterocycles. The van der Waals surface area contributed by atoms with Crippen LogP contribution < -0.4 is 10.2 Å². The molecule has 6 heteroatoms. The Bertz CT molecular complexity index is 687. The first-order valence-electron chi connectivity index (χ1n) is 7.68. The molecule has 3 rings (SSSR count). The molecule has 120 valence electrons. The Labute approximate surface area is 135 Å². The highest BCUT2D eigenvalue weighted by Crippen LogP contribution is 2.32. The number of anilines is 2. The van der Waals surface area contributed by atoms with Gasteiger partial charge in [-0.1, -0.05) is 18.2 Å². The number of carbonyl (C=O) groups is 1. The van der Waals surface area contributed by atoms with Crippen molar-refractivity contribution in [2.45, 2.75) is 19.4 Å². The van der Waals surface area contributed by atoms with Gasteiger partial charge in [0.05, 0.1) is 6.61 Å². The number of nitrogens with zero attached hydrogens (tertiary/aromatic N) is 3. The van der Waals surface area contributed by atoms with Gasteiger partial charge < -0.3 is 15.0 Å². The van der Waals surface area contributed by atoms with Crippen LogP contribution in [0.1, 0.15) is 23.0 Å². The van der Waals surface area contributed by atoms with Crippen LogP contribution >= 0.6 is 0 Å². The molecular formula is C17H20N4O2. The lowest BCUT2D eigenvalue weighted by Gasteiger charge is -2.22. The monoisotopic (exact) mass is 312 g/mol. The fraction of sp³-hybridized carbons (Fsp3) is 0.353. The van der Waals surface area contributed by atoms with Gasteiger partial charge in [-0.3, -0.25) is 4.79 Å². The number of hydrogen-bond acceptors (Lipinski definition) is 5. The lowest BCUT2D eigenvalue weighted by Crippen LogP contribution is -2.36. The number of nitrogens with one attached hydrogen (secondary N) is 1. The van der Waals surface area contributed by atoms with E-state index >= 15 is 0 Å². The fourth-order valence-corrected chi connectivity index (χ4v) is 2.82. The second-order valence-corrected chi connectivity index (χ2v) is 5.58. The van der Waals surface area contributed by atoms with Crippen molar-refractivity contribution in [3.05, 3.63) is 47.7 Å². The number of benzene rings is 1. The van der Waals surface area contributed by atoms with E-state index in [4.69, 9.17) is 4.74 Å². The van der Waals surface area contributed by atoms with Crippen molar-refractivity contribution < 1.29 is 9.53 Å². The molecule has 1 aliphatic heterocycles. The van der Waals surface area contributed by atoms with Gasteiger partial charge in [0.2, 0.25) is 0 Å². The highest BCUT2D eigenvalue weighted by molar-refractivity contribution is 6.06. The van der Waals surface area contributed by atoms with E-state index in [-0.39, 0.29) is 11.9 Å². The molecule has 0 spiro atoms. The topological polar surface area (TPSA) is 67.3 Å². The van der Waals surface area contributed by atoms with Crippen molar-refractivity contribution in [1.82, 2.24) is 10.2 Å². The number of amides is 1. The molecule has 1 atom stereocenters. The van der Waals surface area contributed by atoms with Crippen LogP contribution in [-0.2, 0) is 11.2 Å². The van der Waals surface area contributed by atoms with E-state index in [2.05, 4.69) is 21.6 Å². The Morgan fingerprint density at radius 2 is 2.13 bits per heavy atom. The summed E-state index contributed by atoms with van der Waals surface area (Å²) in [5.74, 6) is 0.520. The normalized spacial score (nSPS) is 16.3. The van der Waals surface area contributed by atoms with Crippen molar-refractivity contribution in [3.63, 3.8) is 0 Å². The average molecular weight is 312 g/mol. The molecule has 1 N–H and O–H groups in total. The molecule has 1 unspecified atom stereocenters. The maximum Gasteiger partial charge on any atom is 0.279 e. The first kappa shape index (κ1) is 15.4. The summed E-state index contributed by atoms with van der Waals surface area (Å²) in [6.07, 6.45) is 0.867. The maximum absolute atomic E-state index is 12.8. The van der Waals surface area contributed by atoms with Gasteiger partial charge in [0.1, 0.15) is 5.82 Å². The van der Waals surface area contributed by atoms with Gasteiger partial charge in [0, 0.05) is 25.4 Å². The van der Waals surface area contributed by atoms with Gasteiger partial charge in [0.25, 0.3) is 5.91 Å². The highest BCUT2D eigenvalue weighted by Gasteiger charge is 2.31. The summed E-state index contributed by atoms with van der Waals surface area (Å²) >= 11 is 0. The minimum atomic E-state index is -0.113. The van der Waals surface area contributed by atoms with E-state index in [1.807, 2.05) is 25.1 Å². The van der Waals surface area contributed by atoms with Crippen molar-refractivity contribution in [2.75, 3.05) is 30.5 Å². The molecule has 0 saturated carbocycles. The Morgan fingerprint density at radius 3 is 2.87 bits per heavy atom. The molecule has 0 radical (unpaired) electrons. The van der Waals surface area contributed by atoms with E-state index < -0.39 is 0 Å². The molecule has 0 fully saturated rings. The lowest BCUT2D eigenvalue weighted by molar-refractivity contribution is 0.0975. The first-order chi connectivity index (χ1) is 11.2. The number of hydrogen-bond donors (Lipinski definition) is 1. The third kappa shape index (κ3) is 3.17. The minimum Gasteiger partial charge on any atom is -0.383 e. The SMILES string of the molecule is COCCNc1ccc(C(=O)N2c3ccccc3CC2C)nn1. The maximum atomic E-state index is 12.8. The zero-order chi connectivity index (χ0) is 16.2. The summed E-state index contributed by atoms with van der Waals surface area (Å²) in [6, 6.07) is 11.6. The minimum absolute atomic E-state index is 0.113. The number of methoxy groups -OCH3 is 1.